The smallest absolute Gasteiger partial charge is 0.340 e. The fourth-order valence-corrected chi connectivity index (χ4v) is 3.05. The predicted octanol–water partition coefficient (Wildman–Crippen LogP) is 3.74. The maximum absolute atomic E-state index is 12.8. The van der Waals surface area contributed by atoms with Crippen molar-refractivity contribution >= 4 is 17.7 Å². The number of urea groups is 1. The summed E-state index contributed by atoms with van der Waals surface area (Å²) in [7, 11) is 0. The van der Waals surface area contributed by atoms with Crippen LogP contribution >= 0.6 is 0 Å². The normalized spacial score (nSPS) is 16.6. The average molecular weight is 372 g/mol. The van der Waals surface area contributed by atoms with Crippen LogP contribution in [0.5, 0.6) is 0 Å². The van der Waals surface area contributed by atoms with Gasteiger partial charge in [-0.25, -0.2) is 9.59 Å². The highest BCUT2D eigenvalue weighted by Gasteiger charge is 2.34. The first-order chi connectivity index (χ1) is 13.0. The zero-order valence-electron chi connectivity index (χ0n) is 15.8. The highest BCUT2D eigenvalue weighted by molar-refractivity contribution is 6.00. The summed E-state index contributed by atoms with van der Waals surface area (Å²) in [5, 5.41) is 6.81. The lowest BCUT2D eigenvalue weighted by atomic mass is 10.2. The molecule has 1 atom stereocenters. The van der Waals surface area contributed by atoms with Gasteiger partial charge in [0, 0.05) is 12.5 Å². The Morgan fingerprint density at radius 3 is 2.85 bits per heavy atom. The molecule has 0 saturated carbocycles. The van der Waals surface area contributed by atoms with Gasteiger partial charge in [-0.15, -0.1) is 0 Å². The van der Waals surface area contributed by atoms with Gasteiger partial charge in [0.15, 0.2) is 5.82 Å². The minimum atomic E-state index is -0.468. The summed E-state index contributed by atoms with van der Waals surface area (Å²) in [6, 6.07) is 6.22. The number of benzene rings is 1. The van der Waals surface area contributed by atoms with Crippen LogP contribution in [0, 0.1) is 0 Å². The fourth-order valence-electron chi connectivity index (χ4n) is 3.05. The van der Waals surface area contributed by atoms with Crippen LogP contribution in [0.4, 0.5) is 10.5 Å². The standard InChI is InChI=1S/C19H24N4O4/c1-4-26-18(24)13-8-5-6-9-14(13)20-19(25)23-11-7-10-15(23)17-21-16(12(2)3)22-27-17/h5-6,8-9,12,15H,4,7,10-11H2,1-3H3,(H,20,25). The van der Waals surface area contributed by atoms with Crippen LogP contribution in [-0.4, -0.2) is 40.2 Å². The third kappa shape index (κ3) is 4.10. The van der Waals surface area contributed by atoms with Crippen LogP contribution in [-0.2, 0) is 4.74 Å². The molecule has 3 rings (SSSR count). The molecule has 1 aliphatic heterocycles. The quantitative estimate of drug-likeness (QED) is 0.803. The van der Waals surface area contributed by atoms with Gasteiger partial charge >= 0.3 is 12.0 Å². The number of hydrogen-bond donors (Lipinski definition) is 1. The van der Waals surface area contributed by atoms with E-state index >= 15 is 0 Å². The van der Waals surface area contributed by atoms with Crippen molar-refractivity contribution in [2.45, 2.75) is 45.6 Å². The zero-order valence-corrected chi connectivity index (χ0v) is 15.8. The van der Waals surface area contributed by atoms with E-state index < -0.39 is 5.97 Å². The SMILES string of the molecule is CCOC(=O)c1ccccc1NC(=O)N1CCCC1c1nc(C(C)C)no1. The van der Waals surface area contributed by atoms with E-state index in [-0.39, 0.29) is 24.6 Å². The molecule has 1 saturated heterocycles. The Morgan fingerprint density at radius 1 is 1.37 bits per heavy atom. The summed E-state index contributed by atoms with van der Waals surface area (Å²) in [6.45, 7) is 6.56. The van der Waals surface area contributed by atoms with E-state index in [0.29, 0.717) is 29.5 Å². The van der Waals surface area contributed by atoms with Crippen LogP contribution in [0.25, 0.3) is 0 Å². The molecule has 1 aromatic heterocycles. The van der Waals surface area contributed by atoms with Crippen molar-refractivity contribution in [3.63, 3.8) is 0 Å². The minimum Gasteiger partial charge on any atom is -0.462 e. The Bertz CT molecular complexity index is 818. The maximum Gasteiger partial charge on any atom is 0.340 e. The van der Waals surface area contributed by atoms with Gasteiger partial charge in [0.05, 0.1) is 17.9 Å². The molecule has 0 radical (unpaired) electrons. The lowest BCUT2D eigenvalue weighted by Crippen LogP contribution is -2.35. The molecule has 1 unspecified atom stereocenters. The van der Waals surface area contributed by atoms with Gasteiger partial charge in [-0.3, -0.25) is 0 Å². The lowest BCUT2D eigenvalue weighted by Gasteiger charge is -2.22. The van der Waals surface area contributed by atoms with Crippen LogP contribution in [0.2, 0.25) is 0 Å². The molecule has 8 heteroatoms. The highest BCUT2D eigenvalue weighted by atomic mass is 16.5. The van der Waals surface area contributed by atoms with E-state index in [2.05, 4.69) is 15.5 Å². The first-order valence-electron chi connectivity index (χ1n) is 9.18. The molecule has 1 aliphatic rings. The highest BCUT2D eigenvalue weighted by Crippen LogP contribution is 2.32. The van der Waals surface area contributed by atoms with E-state index in [0.717, 1.165) is 12.8 Å². The number of anilines is 1. The number of nitrogens with zero attached hydrogens (tertiary/aromatic N) is 3. The Morgan fingerprint density at radius 2 is 2.15 bits per heavy atom. The van der Waals surface area contributed by atoms with Crippen molar-refractivity contribution in [1.29, 1.82) is 0 Å². The number of ether oxygens (including phenoxy) is 1. The number of aromatic nitrogens is 2. The van der Waals surface area contributed by atoms with E-state index in [9.17, 15) is 9.59 Å². The van der Waals surface area contributed by atoms with Crippen LogP contribution in [0.1, 0.15) is 67.6 Å². The van der Waals surface area contributed by atoms with Gasteiger partial charge in [-0.1, -0.05) is 31.1 Å². The monoisotopic (exact) mass is 372 g/mol. The fraction of sp³-hybridized carbons (Fsp3) is 0.474. The van der Waals surface area contributed by atoms with Gasteiger partial charge in [0.25, 0.3) is 0 Å². The third-order valence-corrected chi connectivity index (χ3v) is 4.44. The van der Waals surface area contributed by atoms with E-state index in [4.69, 9.17) is 9.26 Å². The molecule has 1 aromatic carbocycles. The second-order valence-corrected chi connectivity index (χ2v) is 6.69. The Labute approximate surface area is 157 Å². The Hall–Kier alpha value is -2.90. The maximum atomic E-state index is 12.8. The van der Waals surface area contributed by atoms with Crippen LogP contribution < -0.4 is 5.32 Å². The molecule has 2 aromatic rings. The summed E-state index contributed by atoms with van der Waals surface area (Å²) in [6.07, 6.45) is 1.60. The molecule has 0 spiro atoms. The van der Waals surface area contributed by atoms with Crippen molar-refractivity contribution in [3.05, 3.63) is 41.5 Å². The second kappa shape index (κ2) is 8.20. The van der Waals surface area contributed by atoms with Crippen molar-refractivity contribution in [2.24, 2.45) is 0 Å². The number of carbonyl (C=O) groups is 2. The van der Waals surface area contributed by atoms with Crippen molar-refractivity contribution in [1.82, 2.24) is 15.0 Å². The molecule has 1 fully saturated rings. The first kappa shape index (κ1) is 18.9. The summed E-state index contributed by atoms with van der Waals surface area (Å²) < 4.78 is 10.4. The summed E-state index contributed by atoms with van der Waals surface area (Å²) in [5.41, 5.74) is 0.739. The lowest BCUT2D eigenvalue weighted by molar-refractivity contribution is 0.0527. The minimum absolute atomic E-state index is 0.155. The number of carbonyl (C=O) groups excluding carboxylic acids is 2. The summed E-state index contributed by atoms with van der Waals surface area (Å²) in [4.78, 5) is 31.0. The molecule has 2 heterocycles. The van der Waals surface area contributed by atoms with E-state index in [1.807, 2.05) is 13.8 Å². The van der Waals surface area contributed by atoms with Crippen molar-refractivity contribution < 1.29 is 18.8 Å². The largest absolute Gasteiger partial charge is 0.462 e. The molecule has 1 N–H and O–H groups in total. The number of nitrogens with one attached hydrogen (secondary N) is 1. The Kier molecular flexibility index (Phi) is 5.73. The number of amides is 2. The predicted molar refractivity (Wildman–Crippen MR) is 98.5 cm³/mol. The first-order valence-corrected chi connectivity index (χ1v) is 9.18. The van der Waals surface area contributed by atoms with E-state index in [1.165, 1.54) is 0 Å². The number of hydrogen-bond acceptors (Lipinski definition) is 6. The molecule has 8 nitrogen and oxygen atoms in total. The number of likely N-dealkylation sites (tertiary alicyclic amines) is 1. The second-order valence-electron chi connectivity index (χ2n) is 6.69. The van der Waals surface area contributed by atoms with E-state index in [1.54, 1.807) is 36.1 Å². The van der Waals surface area contributed by atoms with Gasteiger partial charge in [0.2, 0.25) is 5.89 Å². The molecule has 0 bridgehead atoms. The molecular formula is C19H24N4O4. The molecular weight excluding hydrogens is 348 g/mol. The molecule has 27 heavy (non-hydrogen) atoms. The number of esters is 1. The van der Waals surface area contributed by atoms with Gasteiger partial charge in [0.1, 0.15) is 6.04 Å². The van der Waals surface area contributed by atoms with Crippen LogP contribution in [0.15, 0.2) is 28.8 Å². The molecule has 144 valence electrons. The Balaban J connectivity index is 1.76. The average Bonchev–Trinajstić information content (AvgIpc) is 3.31. The number of para-hydroxylation sites is 1. The molecule has 2 amide bonds. The van der Waals surface area contributed by atoms with Gasteiger partial charge in [-0.2, -0.15) is 4.98 Å². The van der Waals surface area contributed by atoms with Gasteiger partial charge in [-0.05, 0) is 31.9 Å². The number of rotatable bonds is 5. The topological polar surface area (TPSA) is 97.6 Å². The van der Waals surface area contributed by atoms with Crippen molar-refractivity contribution in [2.75, 3.05) is 18.5 Å². The van der Waals surface area contributed by atoms with Crippen LogP contribution in [0.3, 0.4) is 0 Å². The summed E-state index contributed by atoms with van der Waals surface area (Å²) >= 11 is 0. The summed E-state index contributed by atoms with van der Waals surface area (Å²) in [5.74, 6) is 0.766. The third-order valence-electron chi connectivity index (χ3n) is 4.44. The van der Waals surface area contributed by atoms with Gasteiger partial charge < -0.3 is 19.5 Å². The zero-order chi connectivity index (χ0) is 19.4. The molecule has 0 aliphatic carbocycles. The van der Waals surface area contributed by atoms with Crippen molar-refractivity contribution in [3.8, 4) is 0 Å².